The Balaban J connectivity index is 2.98. The molecule has 0 unspecified atom stereocenters. The van der Waals surface area contributed by atoms with E-state index in [0.717, 1.165) is 5.56 Å². The van der Waals surface area contributed by atoms with Gasteiger partial charge in [-0.3, -0.25) is 0 Å². The molecule has 1 rings (SSSR count). The summed E-state index contributed by atoms with van der Waals surface area (Å²) in [6.07, 6.45) is 0.526. The van der Waals surface area contributed by atoms with Gasteiger partial charge in [-0.2, -0.15) is 0 Å². The molecule has 0 amide bonds. The van der Waals surface area contributed by atoms with Gasteiger partial charge >= 0.3 is 0 Å². The second-order valence-corrected chi connectivity index (χ2v) is 7.59. The maximum absolute atomic E-state index is 12.4. The molecule has 0 heterocycles. The number of nitrogens with two attached hydrogens (primary N) is 1. The summed E-state index contributed by atoms with van der Waals surface area (Å²) in [5.74, 6) is 0. The summed E-state index contributed by atoms with van der Waals surface area (Å²) in [4.78, 5) is 0.291. The molecule has 20 heavy (non-hydrogen) atoms. The summed E-state index contributed by atoms with van der Waals surface area (Å²) >= 11 is 4.72. The fourth-order valence-electron chi connectivity index (χ4n) is 1.75. The fraction of sp³-hybridized carbons (Fsp3) is 0.462. The van der Waals surface area contributed by atoms with E-state index in [0.29, 0.717) is 17.9 Å². The molecule has 4 N–H and O–H groups in total. The van der Waals surface area contributed by atoms with Crippen LogP contribution >= 0.6 is 12.2 Å². The first-order valence-electron chi connectivity index (χ1n) is 6.27. The molecule has 0 aliphatic carbocycles. The summed E-state index contributed by atoms with van der Waals surface area (Å²) in [5.41, 5.74) is 5.56. The van der Waals surface area contributed by atoms with E-state index in [4.69, 9.17) is 18.0 Å². The van der Waals surface area contributed by atoms with Crippen LogP contribution in [0.2, 0.25) is 0 Å². The highest BCUT2D eigenvalue weighted by Crippen LogP contribution is 2.18. The molecule has 0 spiro atoms. The Morgan fingerprint density at radius 1 is 1.30 bits per heavy atom. The predicted molar refractivity (Wildman–Crippen MR) is 85.0 cm³/mol. The molecule has 0 aromatic heterocycles. The second kappa shape index (κ2) is 6.51. The number of thiocarbonyl (C=S) groups is 1. The molecule has 1 aromatic rings. The summed E-state index contributed by atoms with van der Waals surface area (Å²) in [6, 6.07) is 6.91. The highest BCUT2D eigenvalue weighted by Gasteiger charge is 2.23. The lowest BCUT2D eigenvalue weighted by molar-refractivity contribution is 0.491. The third-order valence-electron chi connectivity index (χ3n) is 2.40. The van der Waals surface area contributed by atoms with Crippen LogP contribution in [0.1, 0.15) is 26.3 Å². The first kappa shape index (κ1) is 16.9. The Hall–Kier alpha value is -1.18. The lowest BCUT2D eigenvalue weighted by atomic mass is 10.1. The minimum absolute atomic E-state index is 0.207. The number of nitrogens with one attached hydrogen (secondary N) is 2. The first-order valence-corrected chi connectivity index (χ1v) is 8.16. The van der Waals surface area contributed by atoms with Gasteiger partial charge in [0, 0.05) is 12.1 Å². The number of rotatable bonds is 5. The van der Waals surface area contributed by atoms with Crippen molar-refractivity contribution in [3.63, 3.8) is 0 Å². The number of hydrogen-bond acceptors (Lipinski definition) is 3. The summed E-state index contributed by atoms with van der Waals surface area (Å²) in [7, 11) is -3.54. The van der Waals surface area contributed by atoms with Crippen LogP contribution in [0, 0.1) is 0 Å². The van der Waals surface area contributed by atoms with Gasteiger partial charge in [-0.25, -0.2) is 13.1 Å². The van der Waals surface area contributed by atoms with Gasteiger partial charge in [-0.1, -0.05) is 18.2 Å². The SMILES string of the molecule is CC(C)(C)NS(=O)(=O)c1ccccc1CCNC(N)=S. The molecule has 0 aliphatic rings. The minimum atomic E-state index is -3.54. The van der Waals surface area contributed by atoms with Crippen LogP contribution in [0.5, 0.6) is 0 Å². The van der Waals surface area contributed by atoms with Crippen LogP contribution in [0.25, 0.3) is 0 Å². The molecule has 0 bridgehead atoms. The van der Waals surface area contributed by atoms with Gasteiger partial charge in [0.25, 0.3) is 0 Å². The van der Waals surface area contributed by atoms with E-state index in [-0.39, 0.29) is 5.11 Å². The van der Waals surface area contributed by atoms with E-state index in [1.165, 1.54) is 0 Å². The van der Waals surface area contributed by atoms with Crippen molar-refractivity contribution >= 4 is 27.4 Å². The normalized spacial score (nSPS) is 12.2. The van der Waals surface area contributed by atoms with Crippen LogP contribution in [0.3, 0.4) is 0 Å². The maximum atomic E-state index is 12.4. The van der Waals surface area contributed by atoms with Crippen molar-refractivity contribution < 1.29 is 8.42 Å². The second-order valence-electron chi connectivity index (χ2n) is 5.50. The Bertz CT molecular complexity index is 578. The molecule has 0 radical (unpaired) electrons. The molecule has 1 aromatic carbocycles. The van der Waals surface area contributed by atoms with Crippen LogP contribution < -0.4 is 15.8 Å². The van der Waals surface area contributed by atoms with Crippen molar-refractivity contribution in [2.75, 3.05) is 6.54 Å². The average Bonchev–Trinajstić information content (AvgIpc) is 2.25. The third-order valence-corrected chi connectivity index (χ3v) is 4.40. The van der Waals surface area contributed by atoms with Gasteiger partial charge in [0.2, 0.25) is 10.0 Å². The molecule has 112 valence electrons. The molecule has 0 fully saturated rings. The zero-order valence-corrected chi connectivity index (χ0v) is 13.6. The molecule has 0 atom stereocenters. The summed E-state index contributed by atoms with van der Waals surface area (Å²) in [5, 5.41) is 3.02. The smallest absolute Gasteiger partial charge is 0.241 e. The van der Waals surface area contributed by atoms with Gasteiger partial charge < -0.3 is 11.1 Å². The Kier molecular flexibility index (Phi) is 5.50. The third kappa shape index (κ3) is 5.44. The highest BCUT2D eigenvalue weighted by molar-refractivity contribution is 7.89. The van der Waals surface area contributed by atoms with Crippen molar-refractivity contribution in [1.82, 2.24) is 10.0 Å². The van der Waals surface area contributed by atoms with Crippen molar-refractivity contribution in [2.24, 2.45) is 5.73 Å². The van der Waals surface area contributed by atoms with E-state index in [1.807, 2.05) is 26.8 Å². The van der Waals surface area contributed by atoms with Crippen molar-refractivity contribution in [3.05, 3.63) is 29.8 Å². The average molecular weight is 315 g/mol. The van der Waals surface area contributed by atoms with E-state index in [1.54, 1.807) is 18.2 Å². The van der Waals surface area contributed by atoms with Crippen molar-refractivity contribution in [2.45, 2.75) is 37.6 Å². The van der Waals surface area contributed by atoms with E-state index < -0.39 is 15.6 Å². The van der Waals surface area contributed by atoms with Gasteiger partial charge in [0.15, 0.2) is 5.11 Å². The van der Waals surface area contributed by atoms with E-state index in [9.17, 15) is 8.42 Å². The molecule has 0 aliphatic heterocycles. The maximum Gasteiger partial charge on any atom is 0.241 e. The van der Waals surface area contributed by atoms with Crippen LogP contribution in [0.4, 0.5) is 0 Å². The monoisotopic (exact) mass is 315 g/mol. The van der Waals surface area contributed by atoms with Gasteiger partial charge in [-0.15, -0.1) is 0 Å². The highest BCUT2D eigenvalue weighted by atomic mass is 32.2. The standard InChI is InChI=1S/C13H21N3O2S2/c1-13(2,3)16-20(17,18)11-7-5-4-6-10(11)8-9-15-12(14)19/h4-7,16H,8-9H2,1-3H3,(H3,14,15,19). The number of benzene rings is 1. The summed E-state index contributed by atoms with van der Waals surface area (Å²) in [6.45, 7) is 5.92. The van der Waals surface area contributed by atoms with Gasteiger partial charge in [0.05, 0.1) is 4.90 Å². The first-order chi connectivity index (χ1) is 9.12. The molecular weight excluding hydrogens is 294 g/mol. The number of hydrogen-bond donors (Lipinski definition) is 3. The molecular formula is C13H21N3O2S2. The fourth-order valence-corrected chi connectivity index (χ4v) is 3.54. The van der Waals surface area contributed by atoms with Gasteiger partial charge in [-0.05, 0) is 51.0 Å². The van der Waals surface area contributed by atoms with E-state index >= 15 is 0 Å². The van der Waals surface area contributed by atoms with Crippen molar-refractivity contribution in [1.29, 1.82) is 0 Å². The molecule has 0 saturated carbocycles. The Labute approximate surface area is 126 Å². The van der Waals surface area contributed by atoms with Crippen LogP contribution in [0.15, 0.2) is 29.2 Å². The molecule has 5 nitrogen and oxygen atoms in total. The summed E-state index contributed by atoms with van der Waals surface area (Å²) < 4.78 is 27.4. The number of sulfonamides is 1. The van der Waals surface area contributed by atoms with Crippen molar-refractivity contribution in [3.8, 4) is 0 Å². The lowest BCUT2D eigenvalue weighted by Gasteiger charge is -2.21. The molecule has 0 saturated heterocycles. The zero-order chi connectivity index (χ0) is 15.4. The lowest BCUT2D eigenvalue weighted by Crippen LogP contribution is -2.41. The Morgan fingerprint density at radius 3 is 2.45 bits per heavy atom. The zero-order valence-electron chi connectivity index (χ0n) is 11.9. The minimum Gasteiger partial charge on any atom is -0.376 e. The van der Waals surface area contributed by atoms with E-state index in [2.05, 4.69) is 10.0 Å². The quantitative estimate of drug-likeness (QED) is 0.710. The Morgan fingerprint density at radius 2 is 1.90 bits per heavy atom. The van der Waals surface area contributed by atoms with Crippen LogP contribution in [-0.4, -0.2) is 25.6 Å². The van der Waals surface area contributed by atoms with Crippen LogP contribution in [-0.2, 0) is 16.4 Å². The largest absolute Gasteiger partial charge is 0.376 e. The predicted octanol–water partition coefficient (Wildman–Crippen LogP) is 1.14. The van der Waals surface area contributed by atoms with Gasteiger partial charge in [0.1, 0.15) is 0 Å². The molecule has 7 heteroatoms. The topological polar surface area (TPSA) is 84.2 Å².